The minimum Gasteiger partial charge on any atom is -0.302 e. The molecular formula is C21H24FN3OS. The first-order chi connectivity index (χ1) is 13.1. The summed E-state index contributed by atoms with van der Waals surface area (Å²) in [4.78, 5) is 21.8. The molecule has 2 aromatic carbocycles. The molecule has 0 aliphatic heterocycles. The molecule has 0 bridgehead atoms. The lowest BCUT2D eigenvalue weighted by atomic mass is 10.1. The molecule has 4 nitrogen and oxygen atoms in total. The van der Waals surface area contributed by atoms with Gasteiger partial charge in [-0.2, -0.15) is 0 Å². The number of thiazole rings is 1. The Kier molecular flexibility index (Phi) is 6.53. The first-order valence-corrected chi connectivity index (χ1v) is 10.0. The predicted molar refractivity (Wildman–Crippen MR) is 110 cm³/mol. The Bertz CT molecular complexity index is 857. The Morgan fingerprint density at radius 2 is 1.74 bits per heavy atom. The van der Waals surface area contributed by atoms with Gasteiger partial charge < -0.3 is 4.90 Å². The summed E-state index contributed by atoms with van der Waals surface area (Å²) in [5.41, 5.74) is 1.70. The molecule has 0 atom stereocenters. The van der Waals surface area contributed by atoms with Crippen molar-refractivity contribution in [2.45, 2.75) is 20.3 Å². The molecule has 0 saturated heterocycles. The van der Waals surface area contributed by atoms with Crippen LogP contribution in [0.25, 0.3) is 10.2 Å². The van der Waals surface area contributed by atoms with E-state index in [0.29, 0.717) is 6.54 Å². The molecule has 1 aromatic heterocycles. The van der Waals surface area contributed by atoms with Crippen molar-refractivity contribution in [1.29, 1.82) is 0 Å². The van der Waals surface area contributed by atoms with Crippen LogP contribution >= 0.6 is 11.3 Å². The average Bonchev–Trinajstić information content (AvgIpc) is 3.10. The van der Waals surface area contributed by atoms with Crippen molar-refractivity contribution < 1.29 is 9.18 Å². The Morgan fingerprint density at radius 3 is 2.41 bits per heavy atom. The van der Waals surface area contributed by atoms with Crippen molar-refractivity contribution >= 4 is 32.6 Å². The third-order valence-electron chi connectivity index (χ3n) is 4.62. The van der Waals surface area contributed by atoms with E-state index < -0.39 is 0 Å². The molecule has 0 unspecified atom stereocenters. The van der Waals surface area contributed by atoms with E-state index in [1.807, 2.05) is 24.3 Å². The lowest BCUT2D eigenvalue weighted by Gasteiger charge is -2.24. The molecular weight excluding hydrogens is 361 g/mol. The van der Waals surface area contributed by atoms with Crippen LogP contribution in [0, 0.1) is 5.82 Å². The van der Waals surface area contributed by atoms with Crippen molar-refractivity contribution in [2.75, 3.05) is 31.1 Å². The summed E-state index contributed by atoms with van der Waals surface area (Å²) < 4.78 is 14.2. The first kappa shape index (κ1) is 19.5. The van der Waals surface area contributed by atoms with Gasteiger partial charge >= 0.3 is 0 Å². The summed E-state index contributed by atoms with van der Waals surface area (Å²) in [5.74, 6) is -0.316. The molecule has 0 aliphatic carbocycles. The van der Waals surface area contributed by atoms with Gasteiger partial charge in [-0.15, -0.1) is 0 Å². The third kappa shape index (κ3) is 4.90. The molecule has 3 aromatic rings. The van der Waals surface area contributed by atoms with Crippen LogP contribution in [0.1, 0.15) is 19.4 Å². The second-order valence-electron chi connectivity index (χ2n) is 6.34. The van der Waals surface area contributed by atoms with Gasteiger partial charge in [-0.3, -0.25) is 9.69 Å². The second-order valence-corrected chi connectivity index (χ2v) is 7.35. The molecule has 0 N–H and O–H groups in total. The molecule has 0 radical (unpaired) electrons. The monoisotopic (exact) mass is 385 g/mol. The van der Waals surface area contributed by atoms with Crippen molar-refractivity contribution in [3.63, 3.8) is 0 Å². The molecule has 142 valence electrons. The van der Waals surface area contributed by atoms with Gasteiger partial charge in [-0.05, 0) is 42.9 Å². The van der Waals surface area contributed by atoms with Crippen LogP contribution in [0.4, 0.5) is 9.52 Å². The number of likely N-dealkylation sites (N-methyl/N-ethyl adjacent to an activating group) is 1. The lowest BCUT2D eigenvalue weighted by molar-refractivity contribution is -0.118. The van der Waals surface area contributed by atoms with Crippen LogP contribution in [0.2, 0.25) is 0 Å². The highest BCUT2D eigenvalue weighted by molar-refractivity contribution is 7.22. The average molecular weight is 386 g/mol. The van der Waals surface area contributed by atoms with Crippen LogP contribution in [0.15, 0.2) is 48.5 Å². The summed E-state index contributed by atoms with van der Waals surface area (Å²) in [7, 11) is 0. The standard InChI is InChI=1S/C21H24FN3OS/c1-3-24(4-2)13-14-25(20(26)15-16-9-11-17(22)12-10-16)21-23-18-7-5-6-8-19(18)27-21/h5-12H,3-4,13-15H2,1-2H3. The Labute approximate surface area is 163 Å². The fourth-order valence-corrected chi connectivity index (χ4v) is 3.96. The summed E-state index contributed by atoms with van der Waals surface area (Å²) in [6.07, 6.45) is 0.231. The zero-order chi connectivity index (χ0) is 19.2. The highest BCUT2D eigenvalue weighted by Crippen LogP contribution is 2.29. The number of nitrogens with zero attached hydrogens (tertiary/aromatic N) is 3. The van der Waals surface area contributed by atoms with Crippen molar-refractivity contribution in [1.82, 2.24) is 9.88 Å². The van der Waals surface area contributed by atoms with Gasteiger partial charge in [-0.1, -0.05) is 49.4 Å². The van der Waals surface area contributed by atoms with E-state index >= 15 is 0 Å². The van der Waals surface area contributed by atoms with Gasteiger partial charge in [0.25, 0.3) is 0 Å². The molecule has 27 heavy (non-hydrogen) atoms. The number of amides is 1. The summed E-state index contributed by atoms with van der Waals surface area (Å²) in [5, 5.41) is 0.718. The van der Waals surface area contributed by atoms with Gasteiger partial charge in [0.15, 0.2) is 5.13 Å². The number of hydrogen-bond acceptors (Lipinski definition) is 4. The molecule has 3 rings (SSSR count). The van der Waals surface area contributed by atoms with Gasteiger partial charge in [-0.25, -0.2) is 9.37 Å². The maximum absolute atomic E-state index is 13.1. The largest absolute Gasteiger partial charge is 0.302 e. The highest BCUT2D eigenvalue weighted by atomic mass is 32.1. The van der Waals surface area contributed by atoms with Crippen molar-refractivity contribution in [3.05, 3.63) is 59.9 Å². The highest BCUT2D eigenvalue weighted by Gasteiger charge is 2.20. The normalized spacial score (nSPS) is 11.3. The lowest BCUT2D eigenvalue weighted by Crippen LogP contribution is -2.39. The van der Waals surface area contributed by atoms with Crippen molar-refractivity contribution in [3.8, 4) is 0 Å². The van der Waals surface area contributed by atoms with Crippen LogP contribution in [0.3, 0.4) is 0 Å². The number of aromatic nitrogens is 1. The van der Waals surface area contributed by atoms with Crippen LogP contribution in [-0.4, -0.2) is 42.0 Å². The van der Waals surface area contributed by atoms with Crippen LogP contribution in [0.5, 0.6) is 0 Å². The molecule has 0 fully saturated rings. The number of anilines is 1. The number of para-hydroxylation sites is 1. The van der Waals surface area contributed by atoms with Crippen LogP contribution < -0.4 is 4.90 Å². The van der Waals surface area contributed by atoms with Crippen molar-refractivity contribution in [2.24, 2.45) is 0 Å². The number of fused-ring (bicyclic) bond motifs is 1. The summed E-state index contributed by atoms with van der Waals surface area (Å²) >= 11 is 1.53. The fourth-order valence-electron chi connectivity index (χ4n) is 2.96. The maximum atomic E-state index is 13.1. The third-order valence-corrected chi connectivity index (χ3v) is 5.68. The summed E-state index contributed by atoms with van der Waals surface area (Å²) in [6, 6.07) is 14.0. The molecule has 0 spiro atoms. The van der Waals surface area contributed by atoms with E-state index in [-0.39, 0.29) is 18.1 Å². The van der Waals surface area contributed by atoms with Gasteiger partial charge in [0.2, 0.25) is 5.91 Å². The molecule has 1 heterocycles. The zero-order valence-corrected chi connectivity index (χ0v) is 16.5. The Morgan fingerprint density at radius 1 is 1.04 bits per heavy atom. The number of halogens is 1. The van der Waals surface area contributed by atoms with Crippen LogP contribution in [-0.2, 0) is 11.2 Å². The molecule has 1 amide bonds. The van der Waals surface area contributed by atoms with E-state index in [2.05, 4.69) is 23.7 Å². The van der Waals surface area contributed by atoms with Gasteiger partial charge in [0.1, 0.15) is 5.82 Å². The number of hydrogen-bond donors (Lipinski definition) is 0. The Hall–Kier alpha value is -2.31. The minimum absolute atomic E-state index is 0.0205. The summed E-state index contributed by atoms with van der Waals surface area (Å²) in [6.45, 7) is 7.49. The maximum Gasteiger partial charge on any atom is 0.233 e. The predicted octanol–water partition coefficient (Wildman–Crippen LogP) is 4.35. The quantitative estimate of drug-likeness (QED) is 0.578. The topological polar surface area (TPSA) is 36.4 Å². The Balaban J connectivity index is 1.83. The zero-order valence-electron chi connectivity index (χ0n) is 15.7. The van der Waals surface area contributed by atoms with E-state index in [9.17, 15) is 9.18 Å². The van der Waals surface area contributed by atoms with E-state index in [0.717, 1.165) is 40.5 Å². The number of carbonyl (C=O) groups excluding carboxylic acids is 1. The second kappa shape index (κ2) is 9.06. The van der Waals surface area contributed by atoms with Gasteiger partial charge in [0.05, 0.1) is 16.6 Å². The molecule has 0 aliphatic rings. The molecule has 0 saturated carbocycles. The molecule has 6 heteroatoms. The number of rotatable bonds is 8. The smallest absolute Gasteiger partial charge is 0.233 e. The van der Waals surface area contributed by atoms with E-state index in [1.165, 1.54) is 23.5 Å². The minimum atomic E-state index is -0.296. The number of carbonyl (C=O) groups is 1. The van der Waals surface area contributed by atoms with E-state index in [1.54, 1.807) is 17.0 Å². The SMILES string of the molecule is CCN(CC)CCN(C(=O)Cc1ccc(F)cc1)c1nc2ccccc2s1. The first-order valence-electron chi connectivity index (χ1n) is 9.23. The fraction of sp³-hybridized carbons (Fsp3) is 0.333. The van der Waals surface area contributed by atoms with E-state index in [4.69, 9.17) is 0 Å². The van der Waals surface area contributed by atoms with Gasteiger partial charge in [0, 0.05) is 13.1 Å². The number of benzene rings is 2.